The molecule has 0 aliphatic heterocycles. The van der Waals surface area contributed by atoms with Crippen molar-refractivity contribution in [3.05, 3.63) is 30.1 Å². The molecule has 0 bridgehead atoms. The molecule has 1 unspecified atom stereocenters. The number of nitrogen functional groups attached to an aromatic ring is 1. The Hall–Kier alpha value is -2.09. The number of benzene rings is 1. The van der Waals surface area contributed by atoms with E-state index in [0.29, 0.717) is 23.1 Å². The van der Waals surface area contributed by atoms with E-state index in [-0.39, 0.29) is 17.0 Å². The number of rotatable bonds is 6. The van der Waals surface area contributed by atoms with Gasteiger partial charge in [-0.15, -0.1) is 10.2 Å². The zero-order chi connectivity index (χ0) is 16.1. The Labute approximate surface area is 132 Å². The molecular formula is C14H18FN5OS. The first-order valence-electron chi connectivity index (χ1n) is 6.93. The first kappa shape index (κ1) is 16.3. The van der Waals surface area contributed by atoms with E-state index in [2.05, 4.69) is 15.5 Å². The van der Waals surface area contributed by atoms with Crippen molar-refractivity contribution in [3.63, 3.8) is 0 Å². The number of nitrogens with two attached hydrogens (primary N) is 1. The Kier molecular flexibility index (Phi) is 5.37. The minimum atomic E-state index is -0.334. The maximum Gasteiger partial charge on any atom is 0.233 e. The number of thioether (sulfide) groups is 1. The zero-order valence-corrected chi connectivity index (χ0v) is 13.2. The molecule has 0 aliphatic carbocycles. The fraction of sp³-hybridized carbons (Fsp3) is 0.357. The minimum absolute atomic E-state index is 0.0711. The Morgan fingerprint density at radius 3 is 2.73 bits per heavy atom. The van der Waals surface area contributed by atoms with E-state index in [4.69, 9.17) is 5.84 Å². The third kappa shape index (κ3) is 3.76. The molecule has 22 heavy (non-hydrogen) atoms. The van der Waals surface area contributed by atoms with Crippen molar-refractivity contribution in [1.82, 2.24) is 20.2 Å². The molecule has 8 heteroatoms. The van der Waals surface area contributed by atoms with Gasteiger partial charge >= 0.3 is 0 Å². The molecule has 1 aromatic heterocycles. The molecule has 2 aromatic rings. The van der Waals surface area contributed by atoms with Gasteiger partial charge in [-0.2, -0.15) is 0 Å². The van der Waals surface area contributed by atoms with Crippen LogP contribution in [0.1, 0.15) is 20.3 Å². The second kappa shape index (κ2) is 7.26. The van der Waals surface area contributed by atoms with Gasteiger partial charge in [0.25, 0.3) is 0 Å². The van der Waals surface area contributed by atoms with Crippen LogP contribution in [0.4, 0.5) is 4.39 Å². The summed E-state index contributed by atoms with van der Waals surface area (Å²) in [5.41, 5.74) is 0.659. The van der Waals surface area contributed by atoms with Crippen molar-refractivity contribution >= 4 is 17.7 Å². The van der Waals surface area contributed by atoms with Crippen LogP contribution >= 0.6 is 11.8 Å². The quantitative estimate of drug-likeness (QED) is 0.625. The van der Waals surface area contributed by atoms with Crippen LogP contribution in [0.25, 0.3) is 11.4 Å². The number of carbonyl (C=O) groups excluding carboxylic acids is 1. The molecule has 118 valence electrons. The molecule has 2 rings (SSSR count). The average molecular weight is 323 g/mol. The highest BCUT2D eigenvalue weighted by Crippen LogP contribution is 2.24. The zero-order valence-electron chi connectivity index (χ0n) is 12.4. The highest BCUT2D eigenvalue weighted by atomic mass is 32.2. The molecule has 3 N–H and O–H groups in total. The topological polar surface area (TPSA) is 85.8 Å². The lowest BCUT2D eigenvalue weighted by Crippen LogP contribution is -2.31. The standard InChI is InChI=1S/C14H18FN5OS/c1-3-8-17-13(21)9(2)22-14-19-18-12(20(14)16)10-4-6-11(15)7-5-10/h4-7,9H,3,8,16H2,1-2H3,(H,17,21). The largest absolute Gasteiger partial charge is 0.355 e. The highest BCUT2D eigenvalue weighted by molar-refractivity contribution is 8.00. The Morgan fingerprint density at radius 2 is 2.09 bits per heavy atom. The maximum atomic E-state index is 12.9. The van der Waals surface area contributed by atoms with Crippen LogP contribution in [-0.4, -0.2) is 32.6 Å². The number of amides is 1. The number of carbonyl (C=O) groups is 1. The molecule has 1 atom stereocenters. The highest BCUT2D eigenvalue weighted by Gasteiger charge is 2.19. The molecule has 6 nitrogen and oxygen atoms in total. The fourth-order valence-corrected chi connectivity index (χ4v) is 2.55. The van der Waals surface area contributed by atoms with Gasteiger partial charge in [-0.3, -0.25) is 4.79 Å². The lowest BCUT2D eigenvalue weighted by Gasteiger charge is -2.10. The van der Waals surface area contributed by atoms with Gasteiger partial charge in [0.15, 0.2) is 5.82 Å². The molecule has 0 saturated heterocycles. The third-order valence-corrected chi connectivity index (χ3v) is 4.02. The van der Waals surface area contributed by atoms with E-state index >= 15 is 0 Å². The molecule has 1 aromatic carbocycles. The summed E-state index contributed by atoms with van der Waals surface area (Å²) in [4.78, 5) is 11.9. The average Bonchev–Trinajstić information content (AvgIpc) is 2.86. The number of aromatic nitrogens is 3. The Morgan fingerprint density at radius 1 is 1.41 bits per heavy atom. The van der Waals surface area contributed by atoms with E-state index in [9.17, 15) is 9.18 Å². The fourth-order valence-electron chi connectivity index (χ4n) is 1.76. The number of hydrogen-bond acceptors (Lipinski definition) is 5. The molecule has 1 amide bonds. The second-order valence-corrected chi connectivity index (χ2v) is 6.04. The summed E-state index contributed by atoms with van der Waals surface area (Å²) in [6, 6.07) is 5.82. The van der Waals surface area contributed by atoms with Gasteiger partial charge in [0.1, 0.15) is 5.82 Å². The van der Waals surface area contributed by atoms with Gasteiger partial charge in [-0.05, 0) is 37.6 Å². The predicted octanol–water partition coefficient (Wildman–Crippen LogP) is 1.80. The third-order valence-electron chi connectivity index (χ3n) is 2.97. The smallest absolute Gasteiger partial charge is 0.233 e. The number of nitrogens with one attached hydrogen (secondary N) is 1. The van der Waals surface area contributed by atoms with Crippen LogP contribution in [0, 0.1) is 5.82 Å². The van der Waals surface area contributed by atoms with Crippen LogP contribution in [0.2, 0.25) is 0 Å². The van der Waals surface area contributed by atoms with Crippen molar-refractivity contribution in [3.8, 4) is 11.4 Å². The second-order valence-electron chi connectivity index (χ2n) is 4.73. The molecule has 0 fully saturated rings. The number of halogens is 1. The first-order valence-corrected chi connectivity index (χ1v) is 7.81. The number of nitrogens with zero attached hydrogens (tertiary/aromatic N) is 3. The molecule has 1 heterocycles. The van der Waals surface area contributed by atoms with Crippen molar-refractivity contribution in [2.75, 3.05) is 12.4 Å². The van der Waals surface area contributed by atoms with Gasteiger partial charge < -0.3 is 11.2 Å². The Balaban J connectivity index is 2.11. The van der Waals surface area contributed by atoms with Crippen LogP contribution < -0.4 is 11.2 Å². The van der Waals surface area contributed by atoms with Crippen LogP contribution in [0.15, 0.2) is 29.4 Å². The first-order chi connectivity index (χ1) is 10.5. The van der Waals surface area contributed by atoms with E-state index in [0.717, 1.165) is 6.42 Å². The monoisotopic (exact) mass is 323 g/mol. The molecule has 0 aliphatic rings. The summed E-state index contributed by atoms with van der Waals surface area (Å²) < 4.78 is 14.3. The van der Waals surface area contributed by atoms with E-state index < -0.39 is 0 Å². The summed E-state index contributed by atoms with van der Waals surface area (Å²) in [5, 5.41) is 10.9. The molecule has 0 spiro atoms. The number of hydrogen-bond donors (Lipinski definition) is 2. The van der Waals surface area contributed by atoms with Crippen molar-refractivity contribution in [2.24, 2.45) is 0 Å². The van der Waals surface area contributed by atoms with Crippen molar-refractivity contribution in [2.45, 2.75) is 30.7 Å². The molecular weight excluding hydrogens is 305 g/mol. The maximum absolute atomic E-state index is 12.9. The van der Waals surface area contributed by atoms with Crippen LogP contribution in [-0.2, 0) is 4.79 Å². The minimum Gasteiger partial charge on any atom is -0.355 e. The van der Waals surface area contributed by atoms with E-state index in [1.807, 2.05) is 6.92 Å². The van der Waals surface area contributed by atoms with Gasteiger partial charge in [-0.1, -0.05) is 18.7 Å². The molecule has 0 radical (unpaired) electrons. The van der Waals surface area contributed by atoms with Gasteiger partial charge in [0.2, 0.25) is 11.1 Å². The summed E-state index contributed by atoms with van der Waals surface area (Å²) in [6.45, 7) is 4.41. The van der Waals surface area contributed by atoms with Gasteiger partial charge in [-0.25, -0.2) is 9.07 Å². The summed E-state index contributed by atoms with van der Waals surface area (Å²) in [6.07, 6.45) is 0.880. The van der Waals surface area contributed by atoms with Gasteiger partial charge in [0.05, 0.1) is 5.25 Å². The van der Waals surface area contributed by atoms with E-state index in [1.54, 1.807) is 19.1 Å². The molecule has 0 saturated carbocycles. The van der Waals surface area contributed by atoms with E-state index in [1.165, 1.54) is 28.6 Å². The normalized spacial score (nSPS) is 12.1. The summed E-state index contributed by atoms with van der Waals surface area (Å²) >= 11 is 1.23. The van der Waals surface area contributed by atoms with Gasteiger partial charge in [0, 0.05) is 12.1 Å². The van der Waals surface area contributed by atoms with Crippen molar-refractivity contribution in [1.29, 1.82) is 0 Å². The predicted molar refractivity (Wildman–Crippen MR) is 84.2 cm³/mol. The Bertz CT molecular complexity index is 643. The lowest BCUT2D eigenvalue weighted by molar-refractivity contribution is -0.120. The van der Waals surface area contributed by atoms with Crippen molar-refractivity contribution < 1.29 is 9.18 Å². The van der Waals surface area contributed by atoms with Crippen LogP contribution in [0.5, 0.6) is 0 Å². The lowest BCUT2D eigenvalue weighted by atomic mass is 10.2. The van der Waals surface area contributed by atoms with Crippen LogP contribution in [0.3, 0.4) is 0 Å². The summed E-state index contributed by atoms with van der Waals surface area (Å²) in [7, 11) is 0. The summed E-state index contributed by atoms with van der Waals surface area (Å²) in [5.74, 6) is 5.99. The SMILES string of the molecule is CCCNC(=O)C(C)Sc1nnc(-c2ccc(F)cc2)n1N.